The van der Waals surface area contributed by atoms with Crippen molar-refractivity contribution in [3.8, 4) is 0 Å². The Bertz CT molecular complexity index is 1550. The van der Waals surface area contributed by atoms with Gasteiger partial charge in [-0.25, -0.2) is 4.79 Å². The Balaban J connectivity index is 2.00. The molecule has 0 atom stereocenters. The fourth-order valence-corrected chi connectivity index (χ4v) is 4.27. The molecule has 2 aromatic heterocycles. The maximum absolute atomic E-state index is 13.5. The lowest BCUT2D eigenvalue weighted by molar-refractivity contribution is 0.0530. The number of carbonyl (C=O) groups is 2. The standard InChI is InChI=1S/C25H18N2O4/c1-2-31-25(30)19-15-10-6-11-16-18(15)22-17(21(19)26)12-7-13-27(22)24(29)20(16)23(28)14-8-4-3-5-9-14/h3-13H,2,26H2,1H3. The molecule has 31 heavy (non-hydrogen) atoms. The molecule has 0 aliphatic heterocycles. The van der Waals surface area contributed by atoms with Crippen LogP contribution in [0.25, 0.3) is 27.1 Å². The van der Waals surface area contributed by atoms with E-state index in [0.717, 1.165) is 0 Å². The lowest BCUT2D eigenvalue weighted by Gasteiger charge is -2.18. The summed E-state index contributed by atoms with van der Waals surface area (Å²) in [5.74, 6) is -0.912. The zero-order valence-electron chi connectivity index (χ0n) is 16.7. The van der Waals surface area contributed by atoms with Gasteiger partial charge in [-0.05, 0) is 19.1 Å². The highest BCUT2D eigenvalue weighted by molar-refractivity contribution is 6.29. The first kappa shape index (κ1) is 18.8. The van der Waals surface area contributed by atoms with Crippen LogP contribution in [0.5, 0.6) is 0 Å². The Morgan fingerprint density at radius 2 is 1.58 bits per heavy atom. The van der Waals surface area contributed by atoms with Crippen LogP contribution in [0.15, 0.2) is 71.7 Å². The van der Waals surface area contributed by atoms with E-state index in [1.165, 1.54) is 4.40 Å². The highest BCUT2D eigenvalue weighted by Gasteiger charge is 2.26. The SMILES string of the molecule is CCOC(=O)c1c(N)c2cccn3c(=O)c(C(=O)c4ccccc4)c4cccc1c4c23. The third-order valence-corrected chi connectivity index (χ3v) is 5.57. The summed E-state index contributed by atoms with van der Waals surface area (Å²) >= 11 is 0. The van der Waals surface area contributed by atoms with Gasteiger partial charge in [0, 0.05) is 33.3 Å². The van der Waals surface area contributed by atoms with Crippen molar-refractivity contribution in [1.29, 1.82) is 0 Å². The Morgan fingerprint density at radius 1 is 0.903 bits per heavy atom. The third-order valence-electron chi connectivity index (χ3n) is 5.57. The normalized spacial score (nSPS) is 11.4. The molecule has 6 nitrogen and oxygen atoms in total. The molecule has 0 aliphatic carbocycles. The van der Waals surface area contributed by atoms with Gasteiger partial charge in [0.1, 0.15) is 0 Å². The van der Waals surface area contributed by atoms with E-state index in [4.69, 9.17) is 10.5 Å². The smallest absolute Gasteiger partial charge is 0.340 e. The number of ketones is 1. The van der Waals surface area contributed by atoms with Gasteiger partial charge in [-0.15, -0.1) is 0 Å². The van der Waals surface area contributed by atoms with Gasteiger partial charge in [0.05, 0.1) is 28.9 Å². The Morgan fingerprint density at radius 3 is 2.29 bits per heavy atom. The highest BCUT2D eigenvalue weighted by Crippen LogP contribution is 2.38. The summed E-state index contributed by atoms with van der Waals surface area (Å²) in [6, 6.07) is 17.3. The molecule has 0 saturated carbocycles. The molecule has 5 rings (SSSR count). The number of ether oxygens (including phenoxy) is 1. The first-order valence-corrected chi connectivity index (χ1v) is 9.92. The number of carbonyl (C=O) groups excluding carboxylic acids is 2. The monoisotopic (exact) mass is 410 g/mol. The lowest BCUT2D eigenvalue weighted by Crippen LogP contribution is -2.24. The van der Waals surface area contributed by atoms with Crippen molar-refractivity contribution in [1.82, 2.24) is 4.40 Å². The van der Waals surface area contributed by atoms with Gasteiger partial charge in [0.25, 0.3) is 5.56 Å². The highest BCUT2D eigenvalue weighted by atomic mass is 16.5. The number of aromatic nitrogens is 1. The van der Waals surface area contributed by atoms with Gasteiger partial charge < -0.3 is 10.5 Å². The Kier molecular flexibility index (Phi) is 4.22. The van der Waals surface area contributed by atoms with Crippen molar-refractivity contribution in [2.75, 3.05) is 12.3 Å². The number of benzene rings is 3. The van der Waals surface area contributed by atoms with Crippen LogP contribution >= 0.6 is 0 Å². The number of rotatable bonds is 4. The summed E-state index contributed by atoms with van der Waals surface area (Å²) in [5.41, 5.74) is 7.50. The summed E-state index contributed by atoms with van der Waals surface area (Å²) in [7, 11) is 0. The molecular weight excluding hydrogens is 392 g/mol. The van der Waals surface area contributed by atoms with Crippen LogP contribution in [0.2, 0.25) is 0 Å². The van der Waals surface area contributed by atoms with E-state index in [1.807, 2.05) is 6.07 Å². The number of nitrogens with zero attached hydrogens (tertiary/aromatic N) is 1. The first-order valence-electron chi connectivity index (χ1n) is 9.92. The third kappa shape index (κ3) is 2.61. The minimum atomic E-state index is -0.540. The van der Waals surface area contributed by atoms with Gasteiger partial charge in [-0.1, -0.05) is 48.5 Å². The molecule has 0 radical (unpaired) electrons. The fourth-order valence-electron chi connectivity index (χ4n) is 4.27. The maximum atomic E-state index is 13.5. The molecule has 152 valence electrons. The molecule has 0 aliphatic rings. The lowest BCUT2D eigenvalue weighted by atomic mass is 9.91. The molecule has 0 amide bonds. The second-order valence-corrected chi connectivity index (χ2v) is 7.25. The predicted molar refractivity (Wildman–Crippen MR) is 120 cm³/mol. The van der Waals surface area contributed by atoms with E-state index in [-0.39, 0.29) is 29.2 Å². The van der Waals surface area contributed by atoms with Gasteiger partial charge in [-0.2, -0.15) is 0 Å². The molecule has 3 aromatic carbocycles. The molecule has 6 heteroatoms. The summed E-state index contributed by atoms with van der Waals surface area (Å²) in [6.07, 6.45) is 1.61. The molecule has 0 bridgehead atoms. The van der Waals surface area contributed by atoms with Crippen LogP contribution in [0.1, 0.15) is 33.2 Å². The van der Waals surface area contributed by atoms with Crippen LogP contribution in [0, 0.1) is 0 Å². The molecule has 0 unspecified atom stereocenters. The van der Waals surface area contributed by atoms with Crippen molar-refractivity contribution in [2.24, 2.45) is 0 Å². The Hall–Kier alpha value is -4.19. The van der Waals surface area contributed by atoms with Crippen molar-refractivity contribution in [3.05, 3.63) is 93.9 Å². The topological polar surface area (TPSA) is 90.9 Å². The van der Waals surface area contributed by atoms with Crippen molar-refractivity contribution in [2.45, 2.75) is 6.92 Å². The van der Waals surface area contributed by atoms with Gasteiger partial charge in [0.2, 0.25) is 0 Å². The second-order valence-electron chi connectivity index (χ2n) is 7.25. The molecular formula is C25H18N2O4. The van der Waals surface area contributed by atoms with Crippen LogP contribution in [-0.4, -0.2) is 22.8 Å². The summed E-state index contributed by atoms with van der Waals surface area (Å²) in [5, 5.41) is 2.23. The predicted octanol–water partition coefficient (Wildman–Crippen LogP) is 4.03. The number of esters is 1. The Labute approximate surface area is 176 Å². The number of hydrogen-bond acceptors (Lipinski definition) is 5. The average Bonchev–Trinajstić information content (AvgIpc) is 2.79. The molecule has 2 heterocycles. The number of hydrogen-bond donors (Lipinski definition) is 1. The summed E-state index contributed by atoms with van der Waals surface area (Å²) < 4.78 is 6.69. The maximum Gasteiger partial charge on any atom is 0.340 e. The number of anilines is 1. The summed E-state index contributed by atoms with van der Waals surface area (Å²) in [6.45, 7) is 1.93. The molecule has 2 N–H and O–H groups in total. The van der Waals surface area contributed by atoms with E-state index in [2.05, 4.69) is 0 Å². The minimum Gasteiger partial charge on any atom is -0.462 e. The van der Waals surface area contributed by atoms with Crippen LogP contribution < -0.4 is 11.3 Å². The van der Waals surface area contributed by atoms with Gasteiger partial charge in [-0.3, -0.25) is 14.0 Å². The average molecular weight is 410 g/mol. The van der Waals surface area contributed by atoms with Gasteiger partial charge >= 0.3 is 5.97 Å². The minimum absolute atomic E-state index is 0.0568. The molecule has 0 spiro atoms. The molecule has 0 fully saturated rings. The van der Waals surface area contributed by atoms with Crippen LogP contribution in [-0.2, 0) is 4.74 Å². The quantitative estimate of drug-likeness (QED) is 0.209. The van der Waals surface area contributed by atoms with Crippen molar-refractivity contribution in [3.63, 3.8) is 0 Å². The molecule has 0 saturated heterocycles. The summed E-state index contributed by atoms with van der Waals surface area (Å²) in [4.78, 5) is 39.6. The fraction of sp³-hybridized carbons (Fsp3) is 0.0800. The zero-order chi connectivity index (χ0) is 21.7. The largest absolute Gasteiger partial charge is 0.462 e. The molecule has 5 aromatic rings. The van der Waals surface area contributed by atoms with E-state index in [9.17, 15) is 14.4 Å². The first-order chi connectivity index (χ1) is 15.0. The van der Waals surface area contributed by atoms with Gasteiger partial charge in [0.15, 0.2) is 5.78 Å². The van der Waals surface area contributed by atoms with Crippen LogP contribution in [0.4, 0.5) is 5.69 Å². The van der Waals surface area contributed by atoms with E-state index in [1.54, 1.807) is 67.7 Å². The van der Waals surface area contributed by atoms with Crippen molar-refractivity contribution < 1.29 is 14.3 Å². The van der Waals surface area contributed by atoms with E-state index >= 15 is 0 Å². The van der Waals surface area contributed by atoms with E-state index in [0.29, 0.717) is 32.6 Å². The number of nitrogen functional groups attached to an aromatic ring is 1. The zero-order valence-corrected chi connectivity index (χ0v) is 16.7. The second kappa shape index (κ2) is 6.95. The number of nitrogens with two attached hydrogens (primary N) is 1. The van der Waals surface area contributed by atoms with E-state index < -0.39 is 11.5 Å². The van der Waals surface area contributed by atoms with Crippen LogP contribution in [0.3, 0.4) is 0 Å². The van der Waals surface area contributed by atoms with Crippen molar-refractivity contribution >= 4 is 44.5 Å². The number of pyridine rings is 2.